The van der Waals surface area contributed by atoms with E-state index in [9.17, 15) is 0 Å². The van der Waals surface area contributed by atoms with Crippen LogP contribution in [0.1, 0.15) is 76.9 Å². The van der Waals surface area contributed by atoms with Crippen molar-refractivity contribution in [2.24, 2.45) is 16.8 Å². The van der Waals surface area contributed by atoms with Crippen LogP contribution >= 0.6 is 0 Å². The third kappa shape index (κ3) is 5.83. The summed E-state index contributed by atoms with van der Waals surface area (Å²) in [6.07, 6.45) is 12.6. The van der Waals surface area contributed by atoms with Gasteiger partial charge in [-0.25, -0.2) is 0 Å². The Hall–Kier alpha value is -1.63. The van der Waals surface area contributed by atoms with Crippen molar-refractivity contribution in [2.75, 3.05) is 39.8 Å². The van der Waals surface area contributed by atoms with E-state index >= 15 is 0 Å². The van der Waals surface area contributed by atoms with Crippen LogP contribution in [0.4, 0.5) is 0 Å². The van der Waals surface area contributed by atoms with Crippen LogP contribution in [0.25, 0.3) is 0 Å². The van der Waals surface area contributed by atoms with Crippen LogP contribution in [0.5, 0.6) is 0 Å². The summed E-state index contributed by atoms with van der Waals surface area (Å²) in [7, 11) is 1.92. The van der Waals surface area contributed by atoms with Crippen molar-refractivity contribution in [2.45, 2.75) is 90.6 Å². The quantitative estimate of drug-likeness (QED) is 0.415. The van der Waals surface area contributed by atoms with E-state index in [4.69, 9.17) is 0 Å². The van der Waals surface area contributed by atoms with Crippen molar-refractivity contribution in [1.82, 2.24) is 29.9 Å². The number of aliphatic imine (C=N–C) groups is 1. The van der Waals surface area contributed by atoms with E-state index in [2.05, 4.69) is 48.7 Å². The first kappa shape index (κ1) is 23.5. The molecule has 32 heavy (non-hydrogen) atoms. The van der Waals surface area contributed by atoms with Crippen molar-refractivity contribution < 1.29 is 0 Å². The molecule has 7 heteroatoms. The summed E-state index contributed by atoms with van der Waals surface area (Å²) in [5, 5.41) is 12.5. The number of aromatic nitrogens is 3. The lowest BCUT2D eigenvalue weighted by atomic mass is 9.79. The van der Waals surface area contributed by atoms with E-state index in [1.54, 1.807) is 0 Å². The second-order valence-electron chi connectivity index (χ2n) is 10.4. The number of hydrogen-bond acceptors (Lipinski definition) is 4. The molecule has 1 aliphatic carbocycles. The minimum Gasteiger partial charge on any atom is -0.356 e. The Morgan fingerprint density at radius 3 is 2.50 bits per heavy atom. The predicted molar refractivity (Wildman–Crippen MR) is 131 cm³/mol. The zero-order valence-corrected chi connectivity index (χ0v) is 20.7. The Morgan fingerprint density at radius 1 is 1.00 bits per heavy atom. The first-order chi connectivity index (χ1) is 15.7. The molecule has 1 saturated heterocycles. The molecule has 3 aliphatic rings. The fourth-order valence-electron chi connectivity index (χ4n) is 5.94. The van der Waals surface area contributed by atoms with Crippen molar-refractivity contribution in [3.63, 3.8) is 0 Å². The average Bonchev–Trinajstić information content (AvgIpc) is 3.05. The van der Waals surface area contributed by atoms with Crippen LogP contribution in [-0.4, -0.2) is 76.3 Å². The van der Waals surface area contributed by atoms with Gasteiger partial charge in [-0.15, -0.1) is 10.2 Å². The molecule has 0 radical (unpaired) electrons. The average molecular weight is 444 g/mol. The van der Waals surface area contributed by atoms with Gasteiger partial charge in [0, 0.05) is 65.2 Å². The summed E-state index contributed by atoms with van der Waals surface area (Å²) in [6, 6.07) is 0.806. The molecule has 1 N–H and O–H groups in total. The van der Waals surface area contributed by atoms with Crippen molar-refractivity contribution in [3.05, 3.63) is 11.6 Å². The highest BCUT2D eigenvalue weighted by molar-refractivity contribution is 5.79. The fourth-order valence-corrected chi connectivity index (χ4v) is 5.94. The molecule has 2 fully saturated rings. The number of hydrogen-bond donors (Lipinski definition) is 1. The van der Waals surface area contributed by atoms with Crippen molar-refractivity contribution in [1.29, 1.82) is 0 Å². The molecule has 0 unspecified atom stereocenters. The number of fused-ring (bicyclic) bond motifs is 1. The standard InChI is InChI=1S/C25H45N7/c1-20(2)21-10-12-22(13-11-21)30-16-18-31(19-17-30)25(26-3)27-14-7-9-24-29-28-23-8-5-4-6-15-32(23)24/h20-22H,4-19H2,1-3H3,(H,26,27). The lowest BCUT2D eigenvalue weighted by Crippen LogP contribution is -2.55. The second-order valence-corrected chi connectivity index (χ2v) is 10.4. The zero-order valence-electron chi connectivity index (χ0n) is 20.7. The van der Waals surface area contributed by atoms with Crippen LogP contribution in [0, 0.1) is 11.8 Å². The Balaban J connectivity index is 1.17. The molecule has 0 amide bonds. The van der Waals surface area contributed by atoms with Gasteiger partial charge < -0.3 is 14.8 Å². The van der Waals surface area contributed by atoms with Gasteiger partial charge in [0.2, 0.25) is 0 Å². The lowest BCUT2D eigenvalue weighted by Gasteiger charge is -2.43. The molecule has 1 aromatic heterocycles. The Labute approximate surface area is 195 Å². The molecule has 1 aromatic rings. The Bertz CT molecular complexity index is 725. The highest BCUT2D eigenvalue weighted by Crippen LogP contribution is 2.32. The van der Waals surface area contributed by atoms with E-state index < -0.39 is 0 Å². The van der Waals surface area contributed by atoms with E-state index in [1.807, 2.05) is 7.05 Å². The van der Waals surface area contributed by atoms with Gasteiger partial charge >= 0.3 is 0 Å². The maximum Gasteiger partial charge on any atom is 0.193 e. The van der Waals surface area contributed by atoms with Gasteiger partial charge in [0.1, 0.15) is 11.6 Å². The Kier molecular flexibility index (Phi) is 8.44. The number of nitrogens with zero attached hydrogens (tertiary/aromatic N) is 6. The third-order valence-electron chi connectivity index (χ3n) is 8.07. The third-order valence-corrected chi connectivity index (χ3v) is 8.07. The molecule has 180 valence electrons. The summed E-state index contributed by atoms with van der Waals surface area (Å²) in [6.45, 7) is 11.3. The first-order valence-corrected chi connectivity index (χ1v) is 13.3. The Morgan fingerprint density at radius 2 is 1.78 bits per heavy atom. The molecule has 4 rings (SSSR count). The van der Waals surface area contributed by atoms with Gasteiger partial charge in [0.25, 0.3) is 0 Å². The molecule has 7 nitrogen and oxygen atoms in total. The van der Waals surface area contributed by atoms with E-state index in [0.29, 0.717) is 0 Å². The number of nitrogens with one attached hydrogen (secondary N) is 1. The molecule has 1 saturated carbocycles. The van der Waals surface area contributed by atoms with Crippen LogP contribution in [-0.2, 0) is 19.4 Å². The minimum atomic E-state index is 0.806. The van der Waals surface area contributed by atoms with Gasteiger partial charge in [0.15, 0.2) is 5.96 Å². The van der Waals surface area contributed by atoms with E-state index in [0.717, 1.165) is 69.3 Å². The molecular formula is C25H45N7. The molecule has 0 bridgehead atoms. The number of piperazine rings is 1. The molecule has 2 aliphatic heterocycles. The minimum absolute atomic E-state index is 0.806. The number of aryl methyl sites for hydroxylation is 2. The summed E-state index contributed by atoms with van der Waals surface area (Å²) < 4.78 is 2.37. The van der Waals surface area contributed by atoms with Crippen molar-refractivity contribution in [3.8, 4) is 0 Å². The van der Waals surface area contributed by atoms with Gasteiger partial charge in [-0.2, -0.15) is 0 Å². The monoisotopic (exact) mass is 443 g/mol. The summed E-state index contributed by atoms with van der Waals surface area (Å²) >= 11 is 0. The van der Waals surface area contributed by atoms with Gasteiger partial charge in [0.05, 0.1) is 0 Å². The topological polar surface area (TPSA) is 61.6 Å². The normalized spacial score (nSPS) is 25.6. The summed E-state index contributed by atoms with van der Waals surface area (Å²) in [4.78, 5) is 9.77. The van der Waals surface area contributed by atoms with E-state index in [1.165, 1.54) is 69.7 Å². The predicted octanol–water partition coefficient (Wildman–Crippen LogP) is 3.34. The molecule has 0 aromatic carbocycles. The van der Waals surface area contributed by atoms with E-state index in [-0.39, 0.29) is 0 Å². The van der Waals surface area contributed by atoms with Crippen molar-refractivity contribution >= 4 is 5.96 Å². The van der Waals surface area contributed by atoms with Crippen LogP contribution in [0.2, 0.25) is 0 Å². The summed E-state index contributed by atoms with van der Waals surface area (Å²) in [5.74, 6) is 5.22. The highest BCUT2D eigenvalue weighted by Gasteiger charge is 2.29. The maximum absolute atomic E-state index is 4.58. The first-order valence-electron chi connectivity index (χ1n) is 13.3. The molecule has 0 atom stereocenters. The van der Waals surface area contributed by atoms with Crippen LogP contribution < -0.4 is 5.32 Å². The molecule has 3 heterocycles. The largest absolute Gasteiger partial charge is 0.356 e. The smallest absolute Gasteiger partial charge is 0.193 e. The maximum atomic E-state index is 4.58. The van der Waals surface area contributed by atoms with Gasteiger partial charge in [-0.05, 0) is 56.8 Å². The van der Waals surface area contributed by atoms with Gasteiger partial charge in [-0.3, -0.25) is 9.89 Å². The highest BCUT2D eigenvalue weighted by atomic mass is 15.4. The number of guanidine groups is 1. The van der Waals surface area contributed by atoms with Gasteiger partial charge in [-0.1, -0.05) is 20.3 Å². The summed E-state index contributed by atoms with van der Waals surface area (Å²) in [5.41, 5.74) is 0. The van der Waals surface area contributed by atoms with Crippen LogP contribution in [0.3, 0.4) is 0 Å². The molecular weight excluding hydrogens is 398 g/mol. The molecule has 0 spiro atoms. The number of rotatable bonds is 6. The lowest BCUT2D eigenvalue weighted by molar-refractivity contribution is 0.0864. The zero-order chi connectivity index (χ0) is 22.3. The fraction of sp³-hybridized carbons (Fsp3) is 0.880. The second kappa shape index (κ2) is 11.5. The van der Waals surface area contributed by atoms with Crippen LogP contribution in [0.15, 0.2) is 4.99 Å². The SMILES string of the molecule is CN=C(NCCCc1nnc2n1CCCCC2)N1CCN(C2CCC(C(C)C)CC2)CC1.